The van der Waals surface area contributed by atoms with E-state index in [4.69, 9.17) is 4.74 Å². The van der Waals surface area contributed by atoms with Gasteiger partial charge in [-0.1, -0.05) is 66.7 Å². The molecule has 35 heavy (non-hydrogen) atoms. The molecular formula is C28H23F3N2OS. The van der Waals surface area contributed by atoms with Crippen LogP contribution in [0.1, 0.15) is 11.3 Å². The van der Waals surface area contributed by atoms with Crippen LogP contribution in [0.4, 0.5) is 18.9 Å². The number of ether oxygens (including phenoxy) is 1. The number of aromatic nitrogens is 1. The van der Waals surface area contributed by atoms with Gasteiger partial charge in [-0.25, -0.2) is 0 Å². The molecular weight excluding hydrogens is 469 g/mol. The molecule has 1 aliphatic rings. The van der Waals surface area contributed by atoms with E-state index in [0.717, 1.165) is 46.5 Å². The Morgan fingerprint density at radius 2 is 1.66 bits per heavy atom. The van der Waals surface area contributed by atoms with Crippen molar-refractivity contribution in [2.75, 3.05) is 11.3 Å². The van der Waals surface area contributed by atoms with Gasteiger partial charge >= 0.3 is 5.51 Å². The van der Waals surface area contributed by atoms with Crippen molar-refractivity contribution < 1.29 is 17.9 Å². The average Bonchev–Trinajstić information content (AvgIpc) is 2.88. The Balaban J connectivity index is 1.27. The third kappa shape index (κ3) is 5.80. The predicted octanol–water partition coefficient (Wildman–Crippen LogP) is 7.79. The van der Waals surface area contributed by atoms with Crippen LogP contribution in [0.2, 0.25) is 0 Å². The Bertz CT molecular complexity index is 1290. The number of nitrogens with zero attached hydrogens (tertiary/aromatic N) is 1. The molecule has 0 saturated carbocycles. The van der Waals surface area contributed by atoms with Crippen molar-refractivity contribution >= 4 is 17.6 Å². The minimum atomic E-state index is -4.36. The molecule has 0 bridgehead atoms. The number of anilines is 1. The van der Waals surface area contributed by atoms with E-state index in [9.17, 15) is 13.2 Å². The molecule has 0 aliphatic carbocycles. The highest BCUT2D eigenvalue weighted by Crippen LogP contribution is 2.38. The summed E-state index contributed by atoms with van der Waals surface area (Å²) in [5.74, 6) is 1.09. The molecule has 1 aromatic heterocycles. The number of alkyl halides is 3. The molecule has 3 aromatic carbocycles. The first-order chi connectivity index (χ1) is 16.9. The van der Waals surface area contributed by atoms with Crippen LogP contribution in [-0.2, 0) is 12.8 Å². The normalized spacial score (nSPS) is 15.2. The molecule has 4 aromatic rings. The molecule has 0 fully saturated rings. The van der Waals surface area contributed by atoms with Crippen molar-refractivity contribution in [3.8, 4) is 28.0 Å². The van der Waals surface area contributed by atoms with Gasteiger partial charge in [0.15, 0.2) is 0 Å². The number of para-hydroxylation sites is 1. The lowest BCUT2D eigenvalue weighted by atomic mass is 9.91. The fraction of sp³-hybridized carbons (Fsp3) is 0.179. The molecule has 1 atom stereocenters. The molecule has 3 nitrogen and oxygen atoms in total. The lowest BCUT2D eigenvalue weighted by molar-refractivity contribution is -0.0323. The Morgan fingerprint density at radius 3 is 2.43 bits per heavy atom. The van der Waals surface area contributed by atoms with E-state index in [-0.39, 0.29) is 11.9 Å². The molecule has 5 rings (SSSR count). The standard InChI is InChI=1S/C28H23F3N2OS/c29-28(30,31)35-33-26-9-5-4-8-25(26)21-10-11-22-14-19(18-34-27(22)16-21)15-24-13-12-23(17-32-24)20-6-2-1-3-7-20/h1-13,16-17,19,33H,14-15,18H2/t19-/m0/s1. The molecule has 0 amide bonds. The van der Waals surface area contributed by atoms with Crippen LogP contribution in [0.3, 0.4) is 0 Å². The second-order valence-electron chi connectivity index (χ2n) is 8.51. The molecule has 0 saturated heterocycles. The maximum Gasteiger partial charge on any atom is 0.461 e. The fourth-order valence-electron chi connectivity index (χ4n) is 4.31. The first kappa shape index (κ1) is 23.3. The summed E-state index contributed by atoms with van der Waals surface area (Å²) in [5.41, 5.74) is 1.92. The van der Waals surface area contributed by atoms with Crippen molar-refractivity contribution in [2.45, 2.75) is 18.3 Å². The van der Waals surface area contributed by atoms with Gasteiger partial charge in [-0.15, -0.1) is 0 Å². The summed E-state index contributed by atoms with van der Waals surface area (Å²) in [6.45, 7) is 0.572. The highest BCUT2D eigenvalue weighted by molar-refractivity contribution is 8.01. The number of halogens is 3. The van der Waals surface area contributed by atoms with E-state index in [1.165, 1.54) is 0 Å². The summed E-state index contributed by atoms with van der Waals surface area (Å²) in [6, 6.07) is 27.2. The number of fused-ring (bicyclic) bond motifs is 1. The number of pyridine rings is 1. The fourth-order valence-corrected chi connectivity index (χ4v) is 4.72. The summed E-state index contributed by atoms with van der Waals surface area (Å²) in [7, 11) is 0. The van der Waals surface area contributed by atoms with Crippen molar-refractivity contribution in [3.63, 3.8) is 0 Å². The Hall–Kier alpha value is -3.45. The van der Waals surface area contributed by atoms with Gasteiger partial charge in [0.05, 0.1) is 24.2 Å². The maximum atomic E-state index is 12.7. The van der Waals surface area contributed by atoms with E-state index in [2.05, 4.69) is 34.0 Å². The molecule has 0 radical (unpaired) electrons. The lowest BCUT2D eigenvalue weighted by Crippen LogP contribution is -2.23. The summed E-state index contributed by atoms with van der Waals surface area (Å²) in [6.07, 6.45) is 3.59. The van der Waals surface area contributed by atoms with Crippen LogP contribution in [0.5, 0.6) is 5.75 Å². The topological polar surface area (TPSA) is 34.1 Å². The third-order valence-corrected chi connectivity index (χ3v) is 6.55. The van der Waals surface area contributed by atoms with Crippen LogP contribution in [0, 0.1) is 5.92 Å². The third-order valence-electron chi connectivity index (χ3n) is 5.99. The monoisotopic (exact) mass is 492 g/mol. The highest BCUT2D eigenvalue weighted by Gasteiger charge is 2.29. The van der Waals surface area contributed by atoms with Crippen LogP contribution in [-0.4, -0.2) is 17.1 Å². The number of rotatable bonds is 6. The number of benzene rings is 3. The zero-order chi connectivity index (χ0) is 24.3. The SMILES string of the molecule is FC(F)(F)SNc1ccccc1-c1ccc2c(c1)OC[C@H](Cc1ccc(-c3ccccc3)cn1)C2. The van der Waals surface area contributed by atoms with Crippen molar-refractivity contribution in [1.29, 1.82) is 0 Å². The molecule has 1 aliphatic heterocycles. The second kappa shape index (κ2) is 10.0. The van der Waals surface area contributed by atoms with Gasteiger partial charge in [-0.05, 0) is 47.7 Å². The van der Waals surface area contributed by atoms with Crippen molar-refractivity contribution in [2.24, 2.45) is 5.92 Å². The van der Waals surface area contributed by atoms with Crippen LogP contribution in [0.25, 0.3) is 22.3 Å². The molecule has 1 N–H and O–H groups in total. The summed E-state index contributed by atoms with van der Waals surface area (Å²) in [5, 5.41) is 0. The Kier molecular flexibility index (Phi) is 6.68. The van der Waals surface area contributed by atoms with Crippen LogP contribution < -0.4 is 9.46 Å². The lowest BCUT2D eigenvalue weighted by Gasteiger charge is -2.26. The van der Waals surface area contributed by atoms with Gasteiger partial charge in [0.2, 0.25) is 0 Å². The van der Waals surface area contributed by atoms with E-state index in [0.29, 0.717) is 23.8 Å². The summed E-state index contributed by atoms with van der Waals surface area (Å²) >= 11 is -0.262. The molecule has 0 unspecified atom stereocenters. The molecule has 2 heterocycles. The average molecular weight is 493 g/mol. The number of nitrogens with one attached hydrogen (secondary N) is 1. The smallest absolute Gasteiger partial charge is 0.461 e. The summed E-state index contributed by atoms with van der Waals surface area (Å²) in [4.78, 5) is 4.66. The zero-order valence-corrected chi connectivity index (χ0v) is 19.6. The highest BCUT2D eigenvalue weighted by atomic mass is 32.2. The number of hydrogen-bond acceptors (Lipinski definition) is 4. The van der Waals surface area contributed by atoms with E-state index in [1.54, 1.807) is 18.2 Å². The van der Waals surface area contributed by atoms with E-state index < -0.39 is 5.51 Å². The maximum absolute atomic E-state index is 12.7. The minimum Gasteiger partial charge on any atom is -0.493 e. The van der Waals surface area contributed by atoms with Crippen LogP contribution >= 0.6 is 11.9 Å². The van der Waals surface area contributed by atoms with E-state index in [1.807, 2.05) is 48.7 Å². The molecule has 0 spiro atoms. The van der Waals surface area contributed by atoms with Crippen molar-refractivity contribution in [1.82, 2.24) is 4.98 Å². The van der Waals surface area contributed by atoms with Crippen LogP contribution in [0.15, 0.2) is 91.1 Å². The Morgan fingerprint density at radius 1 is 0.886 bits per heavy atom. The van der Waals surface area contributed by atoms with Gasteiger partial charge < -0.3 is 9.46 Å². The Labute approximate surface area is 206 Å². The van der Waals surface area contributed by atoms with Crippen molar-refractivity contribution in [3.05, 3.63) is 102 Å². The van der Waals surface area contributed by atoms with Gasteiger partial charge in [0, 0.05) is 28.9 Å². The quantitative estimate of drug-likeness (QED) is 0.279. The predicted molar refractivity (Wildman–Crippen MR) is 135 cm³/mol. The second-order valence-corrected chi connectivity index (χ2v) is 9.38. The largest absolute Gasteiger partial charge is 0.493 e. The van der Waals surface area contributed by atoms with Gasteiger partial charge in [-0.3, -0.25) is 4.98 Å². The molecule has 178 valence electrons. The number of hydrogen-bond donors (Lipinski definition) is 1. The zero-order valence-electron chi connectivity index (χ0n) is 18.8. The minimum absolute atomic E-state index is 0.262. The first-order valence-electron chi connectivity index (χ1n) is 11.3. The van der Waals surface area contributed by atoms with E-state index >= 15 is 0 Å². The van der Waals surface area contributed by atoms with Gasteiger partial charge in [0.25, 0.3) is 0 Å². The first-order valence-corrected chi connectivity index (χ1v) is 12.1. The summed E-state index contributed by atoms with van der Waals surface area (Å²) < 4.78 is 46.5. The van der Waals surface area contributed by atoms with Gasteiger partial charge in [-0.2, -0.15) is 13.2 Å². The molecule has 7 heteroatoms. The van der Waals surface area contributed by atoms with Gasteiger partial charge in [0.1, 0.15) is 5.75 Å².